The number of aliphatic hydroxyl groups excluding tert-OH is 1. The zero-order chi connectivity index (χ0) is 9.23. The van der Waals surface area contributed by atoms with Crippen LogP contribution in [0.3, 0.4) is 0 Å². The van der Waals surface area contributed by atoms with Gasteiger partial charge in [-0.3, -0.25) is 4.79 Å². The third-order valence-electron chi connectivity index (χ3n) is 1.12. The highest BCUT2D eigenvalue weighted by molar-refractivity contribution is 5.76. The fraction of sp³-hybridized carbons (Fsp3) is 0.875. The molecule has 0 radical (unpaired) electrons. The van der Waals surface area contributed by atoms with Gasteiger partial charge < -0.3 is 14.6 Å². The number of hydrogen-bond donors (Lipinski definition) is 1. The summed E-state index contributed by atoms with van der Waals surface area (Å²) in [7, 11) is 0. The second-order valence-electron chi connectivity index (χ2n) is 2.44. The van der Waals surface area contributed by atoms with E-state index in [-0.39, 0.29) is 19.0 Å². The number of carbonyl (C=O) groups excluding carboxylic acids is 1. The molecule has 4 nitrogen and oxygen atoms in total. The Morgan fingerprint density at radius 2 is 1.92 bits per heavy atom. The summed E-state index contributed by atoms with van der Waals surface area (Å²) in [6.45, 7) is 3.24. The SMILES string of the molecule is CC(=O)COCCOCCCO. The molecule has 0 aromatic carbocycles. The van der Waals surface area contributed by atoms with Gasteiger partial charge in [0.05, 0.1) is 13.2 Å². The van der Waals surface area contributed by atoms with Crippen molar-refractivity contribution in [1.29, 1.82) is 0 Å². The van der Waals surface area contributed by atoms with E-state index < -0.39 is 0 Å². The van der Waals surface area contributed by atoms with Crippen LogP contribution in [0.15, 0.2) is 0 Å². The maximum atomic E-state index is 10.4. The minimum atomic E-state index is 0.0189. The molecule has 0 bridgehead atoms. The molecule has 4 heteroatoms. The summed E-state index contributed by atoms with van der Waals surface area (Å²) < 4.78 is 10.00. The van der Waals surface area contributed by atoms with Gasteiger partial charge in [-0.05, 0) is 13.3 Å². The van der Waals surface area contributed by atoms with Crippen molar-refractivity contribution in [3.05, 3.63) is 0 Å². The number of ketones is 1. The zero-order valence-corrected chi connectivity index (χ0v) is 7.41. The van der Waals surface area contributed by atoms with Gasteiger partial charge in [0.1, 0.15) is 6.61 Å². The Labute approximate surface area is 72.5 Å². The quantitative estimate of drug-likeness (QED) is 0.528. The van der Waals surface area contributed by atoms with Crippen LogP contribution in [0.2, 0.25) is 0 Å². The van der Waals surface area contributed by atoms with Gasteiger partial charge in [-0.2, -0.15) is 0 Å². The minimum Gasteiger partial charge on any atom is -0.396 e. The molecule has 12 heavy (non-hydrogen) atoms. The molecule has 0 unspecified atom stereocenters. The summed E-state index contributed by atoms with van der Waals surface area (Å²) in [5.41, 5.74) is 0. The van der Waals surface area contributed by atoms with Gasteiger partial charge >= 0.3 is 0 Å². The highest BCUT2D eigenvalue weighted by Crippen LogP contribution is 1.82. The minimum absolute atomic E-state index is 0.0189. The lowest BCUT2D eigenvalue weighted by atomic mass is 10.5. The van der Waals surface area contributed by atoms with E-state index in [0.717, 1.165) is 0 Å². The van der Waals surface area contributed by atoms with E-state index in [1.54, 1.807) is 0 Å². The fourth-order valence-corrected chi connectivity index (χ4v) is 0.602. The lowest BCUT2D eigenvalue weighted by Gasteiger charge is -2.02. The van der Waals surface area contributed by atoms with Gasteiger partial charge in [-0.1, -0.05) is 0 Å². The third-order valence-corrected chi connectivity index (χ3v) is 1.12. The van der Waals surface area contributed by atoms with Gasteiger partial charge in [-0.15, -0.1) is 0 Å². The predicted molar refractivity (Wildman–Crippen MR) is 44.0 cm³/mol. The molecule has 0 saturated heterocycles. The topological polar surface area (TPSA) is 55.8 Å². The van der Waals surface area contributed by atoms with Gasteiger partial charge in [0.2, 0.25) is 0 Å². The van der Waals surface area contributed by atoms with Crippen LogP contribution >= 0.6 is 0 Å². The summed E-state index contributed by atoms with van der Waals surface area (Å²) in [4.78, 5) is 10.4. The van der Waals surface area contributed by atoms with Crippen LogP contribution in [0, 0.1) is 0 Å². The molecule has 1 N–H and O–H groups in total. The number of hydrogen-bond acceptors (Lipinski definition) is 4. The Bertz CT molecular complexity index is 114. The Morgan fingerprint density at radius 3 is 2.50 bits per heavy atom. The first-order valence-electron chi connectivity index (χ1n) is 4.03. The maximum absolute atomic E-state index is 10.4. The third kappa shape index (κ3) is 9.55. The number of carbonyl (C=O) groups is 1. The molecule has 0 atom stereocenters. The second-order valence-corrected chi connectivity index (χ2v) is 2.44. The van der Waals surface area contributed by atoms with E-state index in [9.17, 15) is 4.79 Å². The summed E-state index contributed by atoms with van der Waals surface area (Å²) in [5.74, 6) is 0.0189. The Morgan fingerprint density at radius 1 is 1.25 bits per heavy atom. The van der Waals surface area contributed by atoms with Crippen molar-refractivity contribution >= 4 is 5.78 Å². The molecule has 0 aromatic heterocycles. The van der Waals surface area contributed by atoms with Crippen LogP contribution in [0.5, 0.6) is 0 Å². The van der Waals surface area contributed by atoms with Crippen molar-refractivity contribution in [2.45, 2.75) is 13.3 Å². The Balaban J connectivity index is 2.86. The molecular formula is C8H16O4. The molecule has 0 aromatic rings. The van der Waals surface area contributed by atoms with Crippen molar-refractivity contribution in [2.24, 2.45) is 0 Å². The molecule has 0 rings (SSSR count). The largest absolute Gasteiger partial charge is 0.396 e. The van der Waals surface area contributed by atoms with Crippen molar-refractivity contribution in [1.82, 2.24) is 0 Å². The number of Topliss-reactive ketones (excluding diaryl/α,β-unsaturated/α-hetero) is 1. The molecule has 0 fully saturated rings. The summed E-state index contributed by atoms with van der Waals surface area (Å²) in [6.07, 6.45) is 0.646. The smallest absolute Gasteiger partial charge is 0.155 e. The second kappa shape index (κ2) is 8.64. The first-order valence-corrected chi connectivity index (χ1v) is 4.03. The average molecular weight is 176 g/mol. The molecule has 0 aliphatic carbocycles. The zero-order valence-electron chi connectivity index (χ0n) is 7.41. The van der Waals surface area contributed by atoms with Gasteiger partial charge in [0.25, 0.3) is 0 Å². The van der Waals surface area contributed by atoms with E-state index in [1.807, 2.05) is 0 Å². The van der Waals surface area contributed by atoms with Crippen LogP contribution in [-0.2, 0) is 14.3 Å². The number of rotatable bonds is 8. The van der Waals surface area contributed by atoms with Crippen molar-refractivity contribution < 1.29 is 19.4 Å². The monoisotopic (exact) mass is 176 g/mol. The van der Waals surface area contributed by atoms with Crippen LogP contribution in [0.25, 0.3) is 0 Å². The molecular weight excluding hydrogens is 160 g/mol. The molecule has 0 aliphatic rings. The van der Waals surface area contributed by atoms with Gasteiger partial charge in [0, 0.05) is 13.2 Å². The van der Waals surface area contributed by atoms with E-state index in [2.05, 4.69) is 0 Å². The molecule has 72 valence electrons. The van der Waals surface area contributed by atoms with Crippen molar-refractivity contribution in [2.75, 3.05) is 33.0 Å². The average Bonchev–Trinajstić information content (AvgIpc) is 2.02. The van der Waals surface area contributed by atoms with Gasteiger partial charge in [-0.25, -0.2) is 0 Å². The van der Waals surface area contributed by atoms with Crippen LogP contribution in [-0.4, -0.2) is 43.9 Å². The van der Waals surface area contributed by atoms with Crippen LogP contribution in [0.4, 0.5) is 0 Å². The molecule has 0 amide bonds. The molecule has 0 heterocycles. The maximum Gasteiger partial charge on any atom is 0.155 e. The first kappa shape index (κ1) is 11.6. The fourth-order valence-electron chi connectivity index (χ4n) is 0.602. The normalized spacial score (nSPS) is 10.2. The molecule has 0 spiro atoms. The highest BCUT2D eigenvalue weighted by atomic mass is 16.5. The predicted octanol–water partition coefficient (Wildman–Crippen LogP) is -0.00900. The number of ether oxygens (including phenoxy) is 2. The summed E-state index contributed by atoms with van der Waals surface area (Å²) >= 11 is 0. The van der Waals surface area contributed by atoms with Crippen LogP contribution in [0.1, 0.15) is 13.3 Å². The first-order chi connectivity index (χ1) is 5.77. The highest BCUT2D eigenvalue weighted by Gasteiger charge is 1.92. The van der Waals surface area contributed by atoms with Gasteiger partial charge in [0.15, 0.2) is 5.78 Å². The Hall–Kier alpha value is -0.450. The summed E-state index contributed by atoms with van der Waals surface area (Å²) in [5, 5.41) is 8.39. The van der Waals surface area contributed by atoms with Crippen molar-refractivity contribution in [3.8, 4) is 0 Å². The lowest BCUT2D eigenvalue weighted by Crippen LogP contribution is -2.10. The van der Waals surface area contributed by atoms with Crippen molar-refractivity contribution in [3.63, 3.8) is 0 Å². The van der Waals surface area contributed by atoms with Crippen LogP contribution < -0.4 is 0 Å². The van der Waals surface area contributed by atoms with E-state index in [1.165, 1.54) is 6.92 Å². The lowest BCUT2D eigenvalue weighted by molar-refractivity contribution is -0.121. The van der Waals surface area contributed by atoms with E-state index >= 15 is 0 Å². The molecule has 0 aliphatic heterocycles. The Kier molecular flexibility index (Phi) is 8.32. The van der Waals surface area contributed by atoms with E-state index in [4.69, 9.17) is 14.6 Å². The number of aliphatic hydroxyl groups is 1. The summed E-state index contributed by atoms with van der Waals surface area (Å²) in [6, 6.07) is 0. The van der Waals surface area contributed by atoms with E-state index in [0.29, 0.717) is 26.2 Å². The standard InChI is InChI=1S/C8H16O4/c1-8(10)7-12-6-5-11-4-2-3-9/h9H,2-7H2,1H3. The molecule has 0 saturated carbocycles.